The molecule has 1 nitrogen and oxygen atoms in total. The van der Waals surface area contributed by atoms with Crippen LogP contribution in [0, 0.1) is 12.3 Å². The smallest absolute Gasteiger partial charge is 0.0292 e. The lowest BCUT2D eigenvalue weighted by Gasteiger charge is -2.26. The first kappa shape index (κ1) is 12.9. The lowest BCUT2D eigenvalue weighted by atomic mass is 9.88. The van der Waals surface area contributed by atoms with E-state index < -0.39 is 0 Å². The second kappa shape index (κ2) is 5.88. The van der Waals surface area contributed by atoms with Crippen LogP contribution in [0.5, 0.6) is 0 Å². The molecule has 0 bridgehead atoms. The molecule has 0 heterocycles. The molecule has 0 unspecified atom stereocenters. The summed E-state index contributed by atoms with van der Waals surface area (Å²) in [5.74, 6) is 0.799. The fourth-order valence-electron chi connectivity index (χ4n) is 2.78. The van der Waals surface area contributed by atoms with Crippen LogP contribution in [0.4, 0.5) is 0 Å². The van der Waals surface area contributed by atoms with Gasteiger partial charge in [-0.3, -0.25) is 0 Å². The Kier molecular flexibility index (Phi) is 4.47. The van der Waals surface area contributed by atoms with Crippen LogP contribution in [-0.2, 0) is 6.54 Å². The Morgan fingerprint density at radius 1 is 1.29 bits per heavy atom. The third-order valence-corrected chi connectivity index (χ3v) is 4.43. The summed E-state index contributed by atoms with van der Waals surface area (Å²) in [5, 5.41) is 3.58. The first-order valence-corrected chi connectivity index (χ1v) is 7.10. The molecule has 1 aromatic rings. The number of aryl methyl sites for hydroxylation is 1. The molecule has 1 aliphatic carbocycles. The van der Waals surface area contributed by atoms with E-state index in [9.17, 15) is 0 Å². The van der Waals surface area contributed by atoms with Gasteiger partial charge in [0.05, 0.1) is 0 Å². The number of benzene rings is 1. The van der Waals surface area contributed by atoms with Gasteiger partial charge in [0.2, 0.25) is 0 Å². The third-order valence-electron chi connectivity index (χ3n) is 3.86. The number of nitrogens with one attached hydrogen (secondary N) is 1. The lowest BCUT2D eigenvalue weighted by molar-refractivity contribution is 0.320. The topological polar surface area (TPSA) is 12.0 Å². The monoisotopic (exact) mass is 251 g/mol. The van der Waals surface area contributed by atoms with Gasteiger partial charge in [-0.25, -0.2) is 0 Å². The maximum Gasteiger partial charge on any atom is 0.0292 e. The largest absolute Gasteiger partial charge is 0.312 e. The number of hydrogen-bond donors (Lipinski definition) is 1. The van der Waals surface area contributed by atoms with Gasteiger partial charge in [-0.2, -0.15) is 0 Å². The van der Waals surface area contributed by atoms with Gasteiger partial charge in [-0.15, -0.1) is 11.6 Å². The standard InChI is InChI=1S/C15H22ClN/c1-13-5-4-6-14(9-13)10-17-12-15(11-16)7-2-3-8-15/h4-6,9,17H,2-3,7-8,10-12H2,1H3. The summed E-state index contributed by atoms with van der Waals surface area (Å²) in [5.41, 5.74) is 3.07. The summed E-state index contributed by atoms with van der Waals surface area (Å²) in [6.45, 7) is 4.16. The summed E-state index contributed by atoms with van der Waals surface area (Å²) < 4.78 is 0. The van der Waals surface area contributed by atoms with E-state index in [2.05, 4.69) is 36.5 Å². The predicted octanol–water partition coefficient (Wildman–Crippen LogP) is 3.88. The van der Waals surface area contributed by atoms with Crippen molar-refractivity contribution in [1.82, 2.24) is 5.32 Å². The second-order valence-electron chi connectivity index (χ2n) is 5.43. The van der Waals surface area contributed by atoms with Gasteiger partial charge < -0.3 is 5.32 Å². The zero-order chi connectivity index (χ0) is 12.1. The van der Waals surface area contributed by atoms with Crippen LogP contribution in [0.2, 0.25) is 0 Å². The minimum absolute atomic E-state index is 0.366. The Labute approximate surface area is 110 Å². The molecule has 0 aromatic heterocycles. The van der Waals surface area contributed by atoms with Crippen LogP contribution < -0.4 is 5.32 Å². The van der Waals surface area contributed by atoms with Gasteiger partial charge in [0.25, 0.3) is 0 Å². The molecule has 94 valence electrons. The van der Waals surface area contributed by atoms with Crippen molar-refractivity contribution < 1.29 is 0 Å². The molecule has 0 spiro atoms. The van der Waals surface area contributed by atoms with E-state index >= 15 is 0 Å². The molecule has 1 fully saturated rings. The Balaban J connectivity index is 1.82. The van der Waals surface area contributed by atoms with E-state index in [1.165, 1.54) is 36.8 Å². The summed E-state index contributed by atoms with van der Waals surface area (Å²) >= 11 is 6.13. The number of halogens is 1. The van der Waals surface area contributed by atoms with Crippen LogP contribution in [0.1, 0.15) is 36.8 Å². The van der Waals surface area contributed by atoms with Gasteiger partial charge in [-0.1, -0.05) is 42.7 Å². The number of alkyl halides is 1. The molecule has 1 aromatic carbocycles. The maximum atomic E-state index is 6.13. The Bertz CT molecular complexity index is 356. The fraction of sp³-hybridized carbons (Fsp3) is 0.600. The lowest BCUT2D eigenvalue weighted by Crippen LogP contribution is -2.33. The summed E-state index contributed by atoms with van der Waals surface area (Å²) in [7, 11) is 0. The summed E-state index contributed by atoms with van der Waals surface area (Å²) in [6, 6.07) is 8.69. The molecule has 0 aliphatic heterocycles. The van der Waals surface area contributed by atoms with Crippen molar-refractivity contribution in [3.05, 3.63) is 35.4 Å². The highest BCUT2D eigenvalue weighted by Gasteiger charge is 2.32. The van der Waals surface area contributed by atoms with Crippen LogP contribution in [-0.4, -0.2) is 12.4 Å². The average molecular weight is 252 g/mol. The molecule has 1 saturated carbocycles. The number of rotatable bonds is 5. The maximum absolute atomic E-state index is 6.13. The van der Waals surface area contributed by atoms with Crippen LogP contribution in [0.25, 0.3) is 0 Å². The van der Waals surface area contributed by atoms with Crippen molar-refractivity contribution >= 4 is 11.6 Å². The van der Waals surface area contributed by atoms with E-state index in [-0.39, 0.29) is 0 Å². The summed E-state index contributed by atoms with van der Waals surface area (Å²) in [6.07, 6.45) is 5.27. The average Bonchev–Trinajstić information content (AvgIpc) is 2.79. The van der Waals surface area contributed by atoms with E-state index in [1.807, 2.05) is 0 Å². The molecule has 2 heteroatoms. The Morgan fingerprint density at radius 2 is 2.06 bits per heavy atom. The molecule has 0 radical (unpaired) electrons. The molecular weight excluding hydrogens is 230 g/mol. The molecule has 0 atom stereocenters. The minimum atomic E-state index is 0.366. The van der Waals surface area contributed by atoms with Crippen molar-refractivity contribution in [3.8, 4) is 0 Å². The van der Waals surface area contributed by atoms with Gasteiger partial charge in [0.15, 0.2) is 0 Å². The Hall–Kier alpha value is -0.530. The third kappa shape index (κ3) is 3.46. The van der Waals surface area contributed by atoms with Crippen molar-refractivity contribution in [2.24, 2.45) is 5.41 Å². The molecular formula is C15H22ClN. The molecule has 2 rings (SSSR count). The zero-order valence-corrected chi connectivity index (χ0v) is 11.4. The molecule has 0 amide bonds. The van der Waals surface area contributed by atoms with Crippen LogP contribution in [0.3, 0.4) is 0 Å². The fourth-order valence-corrected chi connectivity index (χ4v) is 3.14. The van der Waals surface area contributed by atoms with E-state index in [1.54, 1.807) is 0 Å². The summed E-state index contributed by atoms with van der Waals surface area (Å²) in [4.78, 5) is 0. The SMILES string of the molecule is Cc1cccc(CNCC2(CCl)CCCC2)c1. The highest BCUT2D eigenvalue weighted by molar-refractivity contribution is 6.18. The van der Waals surface area contributed by atoms with Crippen molar-refractivity contribution in [2.75, 3.05) is 12.4 Å². The molecule has 1 N–H and O–H groups in total. The van der Waals surface area contributed by atoms with E-state index in [0.29, 0.717) is 5.41 Å². The second-order valence-corrected chi connectivity index (χ2v) is 5.70. The van der Waals surface area contributed by atoms with Crippen LogP contribution >= 0.6 is 11.6 Å². The van der Waals surface area contributed by atoms with Gasteiger partial charge in [0, 0.05) is 19.0 Å². The van der Waals surface area contributed by atoms with Gasteiger partial charge in [0.1, 0.15) is 0 Å². The molecule has 0 saturated heterocycles. The van der Waals surface area contributed by atoms with Crippen molar-refractivity contribution in [1.29, 1.82) is 0 Å². The zero-order valence-electron chi connectivity index (χ0n) is 10.6. The van der Waals surface area contributed by atoms with Crippen molar-refractivity contribution in [2.45, 2.75) is 39.2 Å². The Morgan fingerprint density at radius 3 is 2.71 bits per heavy atom. The number of hydrogen-bond acceptors (Lipinski definition) is 1. The normalized spacial score (nSPS) is 18.5. The van der Waals surface area contributed by atoms with E-state index in [0.717, 1.165) is 19.0 Å². The first-order chi connectivity index (χ1) is 8.24. The first-order valence-electron chi connectivity index (χ1n) is 6.56. The predicted molar refractivity (Wildman–Crippen MR) is 74.5 cm³/mol. The van der Waals surface area contributed by atoms with Gasteiger partial charge >= 0.3 is 0 Å². The minimum Gasteiger partial charge on any atom is -0.312 e. The van der Waals surface area contributed by atoms with E-state index in [4.69, 9.17) is 11.6 Å². The molecule has 17 heavy (non-hydrogen) atoms. The highest BCUT2D eigenvalue weighted by Crippen LogP contribution is 2.38. The van der Waals surface area contributed by atoms with Crippen LogP contribution in [0.15, 0.2) is 24.3 Å². The van der Waals surface area contributed by atoms with Gasteiger partial charge in [-0.05, 0) is 30.7 Å². The van der Waals surface area contributed by atoms with Crippen molar-refractivity contribution in [3.63, 3.8) is 0 Å². The highest BCUT2D eigenvalue weighted by atomic mass is 35.5. The molecule has 1 aliphatic rings. The quantitative estimate of drug-likeness (QED) is 0.783.